The van der Waals surface area contributed by atoms with Crippen LogP contribution in [-0.4, -0.2) is 25.7 Å². The van der Waals surface area contributed by atoms with Gasteiger partial charge in [0.2, 0.25) is 0 Å². The van der Waals surface area contributed by atoms with E-state index in [1.165, 1.54) is 0 Å². The molecule has 1 aliphatic rings. The first-order chi connectivity index (χ1) is 9.11. The second kappa shape index (κ2) is 6.29. The number of benzene rings is 1. The van der Waals surface area contributed by atoms with Crippen LogP contribution in [0.3, 0.4) is 0 Å². The molecule has 0 saturated carbocycles. The lowest BCUT2D eigenvalue weighted by Crippen LogP contribution is -2.37. The number of nitrogens with zero attached hydrogens (tertiary/aromatic N) is 1. The molecule has 19 heavy (non-hydrogen) atoms. The fourth-order valence-electron chi connectivity index (χ4n) is 2.48. The molecule has 0 aliphatic carbocycles. The van der Waals surface area contributed by atoms with Crippen molar-refractivity contribution >= 4 is 23.3 Å². The van der Waals surface area contributed by atoms with Gasteiger partial charge in [0, 0.05) is 13.1 Å². The second-order valence-corrected chi connectivity index (χ2v) is 5.38. The van der Waals surface area contributed by atoms with Gasteiger partial charge in [0.25, 0.3) is 0 Å². The Hall–Kier alpha value is -1.22. The smallest absolute Gasteiger partial charge is 0.309 e. The van der Waals surface area contributed by atoms with Crippen molar-refractivity contribution in [2.24, 2.45) is 5.92 Å². The van der Waals surface area contributed by atoms with E-state index in [-0.39, 0.29) is 11.9 Å². The molecular weight excluding hydrogens is 262 g/mol. The van der Waals surface area contributed by atoms with Gasteiger partial charge in [0.15, 0.2) is 0 Å². The first-order valence-corrected chi connectivity index (χ1v) is 7.17. The molecule has 0 amide bonds. The maximum Gasteiger partial charge on any atom is 0.309 e. The van der Waals surface area contributed by atoms with Crippen LogP contribution in [0.5, 0.6) is 0 Å². The summed E-state index contributed by atoms with van der Waals surface area (Å²) in [6.45, 7) is 6.04. The molecule has 2 rings (SSSR count). The number of aryl methyl sites for hydroxylation is 1. The summed E-state index contributed by atoms with van der Waals surface area (Å²) in [4.78, 5) is 13.9. The number of hydrogen-bond acceptors (Lipinski definition) is 3. The quantitative estimate of drug-likeness (QED) is 0.795. The van der Waals surface area contributed by atoms with Crippen LogP contribution >= 0.6 is 11.6 Å². The number of esters is 1. The van der Waals surface area contributed by atoms with Crippen molar-refractivity contribution in [1.82, 2.24) is 0 Å². The molecule has 0 spiro atoms. The van der Waals surface area contributed by atoms with Crippen LogP contribution in [-0.2, 0) is 9.53 Å². The fraction of sp³-hybridized carbons (Fsp3) is 0.533. The molecule has 1 aromatic rings. The van der Waals surface area contributed by atoms with Crippen molar-refractivity contribution in [3.8, 4) is 0 Å². The Morgan fingerprint density at radius 2 is 2.11 bits per heavy atom. The molecule has 0 bridgehead atoms. The molecule has 104 valence electrons. The van der Waals surface area contributed by atoms with Gasteiger partial charge in [-0.1, -0.05) is 17.7 Å². The van der Waals surface area contributed by atoms with Gasteiger partial charge in [-0.25, -0.2) is 0 Å². The van der Waals surface area contributed by atoms with Crippen LogP contribution in [0.4, 0.5) is 5.69 Å². The monoisotopic (exact) mass is 281 g/mol. The minimum Gasteiger partial charge on any atom is -0.466 e. The molecular formula is C15H20ClNO2. The largest absolute Gasteiger partial charge is 0.466 e. The van der Waals surface area contributed by atoms with Crippen molar-refractivity contribution in [1.29, 1.82) is 0 Å². The van der Waals surface area contributed by atoms with E-state index >= 15 is 0 Å². The molecule has 0 atom stereocenters. The van der Waals surface area contributed by atoms with Crippen molar-refractivity contribution in [2.45, 2.75) is 26.7 Å². The summed E-state index contributed by atoms with van der Waals surface area (Å²) < 4.78 is 5.08. The fourth-order valence-corrected chi connectivity index (χ4v) is 2.84. The molecule has 1 aliphatic heterocycles. The van der Waals surface area contributed by atoms with Gasteiger partial charge >= 0.3 is 5.97 Å². The number of hydrogen-bond donors (Lipinski definition) is 0. The first kappa shape index (κ1) is 14.2. The topological polar surface area (TPSA) is 29.5 Å². The van der Waals surface area contributed by atoms with E-state index in [1.54, 1.807) is 0 Å². The summed E-state index contributed by atoms with van der Waals surface area (Å²) in [5, 5.41) is 0.787. The van der Waals surface area contributed by atoms with E-state index in [0.29, 0.717) is 6.61 Å². The number of carbonyl (C=O) groups is 1. The molecule has 1 heterocycles. The number of carbonyl (C=O) groups excluding carboxylic acids is 1. The van der Waals surface area contributed by atoms with E-state index in [4.69, 9.17) is 16.3 Å². The normalized spacial score (nSPS) is 16.5. The zero-order chi connectivity index (χ0) is 13.8. The van der Waals surface area contributed by atoms with Crippen LogP contribution in [0, 0.1) is 12.8 Å². The van der Waals surface area contributed by atoms with Crippen LogP contribution in [0.1, 0.15) is 25.3 Å². The zero-order valence-corrected chi connectivity index (χ0v) is 12.2. The average molecular weight is 282 g/mol. The van der Waals surface area contributed by atoms with Gasteiger partial charge in [0.1, 0.15) is 0 Å². The molecule has 0 unspecified atom stereocenters. The van der Waals surface area contributed by atoms with Crippen LogP contribution in [0.25, 0.3) is 0 Å². The lowest BCUT2D eigenvalue weighted by molar-refractivity contribution is -0.148. The summed E-state index contributed by atoms with van der Waals surface area (Å²) >= 11 is 6.28. The molecule has 0 radical (unpaired) electrons. The van der Waals surface area contributed by atoms with Gasteiger partial charge in [-0.3, -0.25) is 4.79 Å². The van der Waals surface area contributed by atoms with Gasteiger partial charge < -0.3 is 9.64 Å². The van der Waals surface area contributed by atoms with Crippen LogP contribution in [0.2, 0.25) is 5.02 Å². The number of halogens is 1. The first-order valence-electron chi connectivity index (χ1n) is 6.79. The van der Waals surface area contributed by atoms with Crippen LogP contribution in [0.15, 0.2) is 18.2 Å². The summed E-state index contributed by atoms with van der Waals surface area (Å²) in [6, 6.07) is 6.11. The third-order valence-electron chi connectivity index (χ3n) is 3.56. The molecule has 0 aromatic heterocycles. The minimum absolute atomic E-state index is 0.0421. The van der Waals surface area contributed by atoms with Crippen molar-refractivity contribution in [3.63, 3.8) is 0 Å². The summed E-state index contributed by atoms with van der Waals surface area (Å²) in [6.07, 6.45) is 1.67. The average Bonchev–Trinajstić information content (AvgIpc) is 2.39. The number of anilines is 1. The standard InChI is InChI=1S/C15H20ClNO2/c1-3-19-15(18)12-6-8-17(9-7-12)14-5-4-11(2)10-13(14)16/h4-5,10,12H,3,6-9H2,1-2H3. The molecule has 1 fully saturated rings. The van der Waals surface area contributed by atoms with E-state index in [9.17, 15) is 4.79 Å². The molecule has 3 nitrogen and oxygen atoms in total. The van der Waals surface area contributed by atoms with E-state index < -0.39 is 0 Å². The Balaban J connectivity index is 1.98. The molecule has 0 N–H and O–H groups in total. The minimum atomic E-state index is -0.0582. The lowest BCUT2D eigenvalue weighted by Gasteiger charge is -2.33. The van der Waals surface area contributed by atoms with Gasteiger partial charge in [-0.15, -0.1) is 0 Å². The predicted molar refractivity (Wildman–Crippen MR) is 77.8 cm³/mol. The van der Waals surface area contributed by atoms with Crippen molar-refractivity contribution in [3.05, 3.63) is 28.8 Å². The molecule has 4 heteroatoms. The van der Waals surface area contributed by atoms with E-state index in [0.717, 1.165) is 42.2 Å². The Labute approximate surface area is 119 Å². The van der Waals surface area contributed by atoms with Gasteiger partial charge in [0.05, 0.1) is 23.2 Å². The number of ether oxygens (including phenoxy) is 1. The second-order valence-electron chi connectivity index (χ2n) is 4.97. The zero-order valence-electron chi connectivity index (χ0n) is 11.5. The highest BCUT2D eigenvalue weighted by Crippen LogP contribution is 2.30. The predicted octanol–water partition coefficient (Wildman–Crippen LogP) is 3.43. The summed E-state index contributed by atoms with van der Waals surface area (Å²) in [5.41, 5.74) is 2.23. The maximum absolute atomic E-state index is 11.7. The molecule has 1 saturated heterocycles. The molecule has 1 aromatic carbocycles. The highest BCUT2D eigenvalue weighted by Gasteiger charge is 2.26. The van der Waals surface area contributed by atoms with Gasteiger partial charge in [-0.2, -0.15) is 0 Å². The SMILES string of the molecule is CCOC(=O)C1CCN(c2ccc(C)cc2Cl)CC1. The van der Waals surface area contributed by atoms with E-state index in [2.05, 4.69) is 17.0 Å². The van der Waals surface area contributed by atoms with Crippen molar-refractivity contribution in [2.75, 3.05) is 24.6 Å². The lowest BCUT2D eigenvalue weighted by atomic mass is 9.96. The Bertz CT molecular complexity index is 453. The number of rotatable bonds is 3. The Kier molecular flexibility index (Phi) is 4.70. The Morgan fingerprint density at radius 3 is 2.68 bits per heavy atom. The highest BCUT2D eigenvalue weighted by atomic mass is 35.5. The maximum atomic E-state index is 11.7. The van der Waals surface area contributed by atoms with E-state index in [1.807, 2.05) is 19.9 Å². The summed E-state index contributed by atoms with van der Waals surface area (Å²) in [5.74, 6) is -0.0161. The third kappa shape index (κ3) is 3.41. The van der Waals surface area contributed by atoms with Crippen molar-refractivity contribution < 1.29 is 9.53 Å². The third-order valence-corrected chi connectivity index (χ3v) is 3.86. The van der Waals surface area contributed by atoms with Crippen LogP contribution < -0.4 is 4.90 Å². The van der Waals surface area contributed by atoms with Gasteiger partial charge in [-0.05, 0) is 44.4 Å². The highest BCUT2D eigenvalue weighted by molar-refractivity contribution is 6.33. The number of piperidine rings is 1. The summed E-state index contributed by atoms with van der Waals surface area (Å²) in [7, 11) is 0. The Morgan fingerprint density at radius 1 is 1.42 bits per heavy atom.